The number of nitrogens with one attached hydrogen (secondary N) is 2. The number of hydrogen-bond acceptors (Lipinski definition) is 3. The van der Waals surface area contributed by atoms with Crippen LogP contribution in [0.25, 0.3) is 0 Å². The molecular formula is C30H47N4O2+. The molecule has 0 aliphatic heterocycles. The molecule has 0 atom stereocenters. The second-order valence-corrected chi connectivity index (χ2v) is 10.2. The van der Waals surface area contributed by atoms with Gasteiger partial charge in [-0.1, -0.05) is 57.2 Å². The highest BCUT2D eigenvalue weighted by Gasteiger charge is 2.30. The Morgan fingerprint density at radius 1 is 0.722 bits per heavy atom. The molecular weight excluding hydrogens is 448 g/mol. The van der Waals surface area contributed by atoms with Crippen LogP contribution in [0.3, 0.4) is 0 Å². The number of likely N-dealkylation sites (N-methyl/N-ethyl adjacent to an activating group) is 1. The number of rotatable bonds is 14. The van der Waals surface area contributed by atoms with Gasteiger partial charge in [-0.2, -0.15) is 0 Å². The van der Waals surface area contributed by atoms with Crippen LogP contribution in [-0.4, -0.2) is 67.0 Å². The molecule has 0 spiro atoms. The van der Waals surface area contributed by atoms with Crippen LogP contribution in [-0.2, 0) is 9.59 Å². The largest absolute Gasteiger partial charge is 0.324 e. The molecule has 0 unspecified atom stereocenters. The first-order valence-corrected chi connectivity index (χ1v) is 13.4. The fourth-order valence-electron chi connectivity index (χ4n) is 5.11. The summed E-state index contributed by atoms with van der Waals surface area (Å²) in [7, 11) is 0. The van der Waals surface area contributed by atoms with E-state index in [1.807, 2.05) is 64.1 Å². The Kier molecular flexibility index (Phi) is 11.6. The summed E-state index contributed by atoms with van der Waals surface area (Å²) >= 11 is 0. The molecule has 2 N–H and O–H groups in total. The van der Waals surface area contributed by atoms with Gasteiger partial charge in [-0.05, 0) is 69.3 Å². The molecule has 2 amide bonds. The molecule has 0 fully saturated rings. The highest BCUT2D eigenvalue weighted by Crippen LogP contribution is 2.21. The molecule has 0 radical (unpaired) electrons. The van der Waals surface area contributed by atoms with Gasteiger partial charge in [-0.3, -0.25) is 14.5 Å². The molecule has 0 saturated carbocycles. The molecule has 2 aromatic rings. The van der Waals surface area contributed by atoms with E-state index in [4.69, 9.17) is 0 Å². The number of para-hydroxylation sites is 2. The number of hydrogen-bond donors (Lipinski definition) is 2. The van der Waals surface area contributed by atoms with Crippen molar-refractivity contribution < 1.29 is 14.1 Å². The minimum Gasteiger partial charge on any atom is -0.324 e. The van der Waals surface area contributed by atoms with E-state index in [2.05, 4.69) is 36.3 Å². The van der Waals surface area contributed by atoms with Gasteiger partial charge in [-0.25, -0.2) is 0 Å². The van der Waals surface area contributed by atoms with E-state index >= 15 is 0 Å². The minimum absolute atomic E-state index is 0.00565. The van der Waals surface area contributed by atoms with E-state index in [1.54, 1.807) is 0 Å². The molecule has 6 heteroatoms. The summed E-state index contributed by atoms with van der Waals surface area (Å²) in [5.41, 5.74) is 6.14. The topological polar surface area (TPSA) is 61.4 Å². The van der Waals surface area contributed by atoms with Crippen molar-refractivity contribution in [1.82, 2.24) is 4.90 Å². The molecule has 0 heterocycles. The van der Waals surface area contributed by atoms with Gasteiger partial charge in [0.1, 0.15) is 0 Å². The Bertz CT molecular complexity index is 972. The number of nitrogens with zero attached hydrogens (tertiary/aromatic N) is 2. The second-order valence-electron chi connectivity index (χ2n) is 10.2. The van der Waals surface area contributed by atoms with E-state index in [1.165, 1.54) is 0 Å². The van der Waals surface area contributed by atoms with Crippen LogP contribution in [0.2, 0.25) is 0 Å². The van der Waals surface area contributed by atoms with Crippen LogP contribution in [0.15, 0.2) is 36.4 Å². The maximum Gasteiger partial charge on any atom is 0.279 e. The molecule has 0 aromatic heterocycles. The Hall–Kier alpha value is -2.70. The van der Waals surface area contributed by atoms with E-state index in [9.17, 15) is 9.59 Å². The van der Waals surface area contributed by atoms with Crippen LogP contribution < -0.4 is 10.6 Å². The van der Waals surface area contributed by atoms with Crippen LogP contribution in [0.1, 0.15) is 55.9 Å². The predicted molar refractivity (Wildman–Crippen MR) is 152 cm³/mol. The SMILES string of the molecule is CCC[N+](CCC)(CCN(CC)CC(=O)Nc1c(C)cccc1C)CC(=O)Nc1c(C)cccc1C. The summed E-state index contributed by atoms with van der Waals surface area (Å²) in [6.07, 6.45) is 2.02. The molecule has 36 heavy (non-hydrogen) atoms. The zero-order valence-electron chi connectivity index (χ0n) is 23.5. The number of benzene rings is 2. The van der Waals surface area contributed by atoms with E-state index < -0.39 is 0 Å². The lowest BCUT2D eigenvalue weighted by atomic mass is 10.1. The number of quaternary nitrogens is 1. The van der Waals surface area contributed by atoms with Crippen LogP contribution in [0.5, 0.6) is 0 Å². The van der Waals surface area contributed by atoms with E-state index in [-0.39, 0.29) is 11.8 Å². The highest BCUT2D eigenvalue weighted by atomic mass is 16.2. The van der Waals surface area contributed by atoms with Gasteiger partial charge in [0.15, 0.2) is 6.54 Å². The van der Waals surface area contributed by atoms with Crippen molar-refractivity contribution in [2.45, 2.75) is 61.3 Å². The summed E-state index contributed by atoms with van der Waals surface area (Å²) in [4.78, 5) is 28.3. The lowest BCUT2D eigenvalue weighted by Crippen LogP contribution is -2.56. The molecule has 0 saturated heterocycles. The first-order valence-electron chi connectivity index (χ1n) is 13.4. The van der Waals surface area contributed by atoms with Gasteiger partial charge in [0.25, 0.3) is 5.91 Å². The van der Waals surface area contributed by atoms with Crippen molar-refractivity contribution in [1.29, 1.82) is 0 Å². The van der Waals surface area contributed by atoms with Crippen molar-refractivity contribution in [3.05, 3.63) is 58.7 Å². The highest BCUT2D eigenvalue weighted by molar-refractivity contribution is 5.94. The average molecular weight is 496 g/mol. The standard InChI is InChI=1S/C30H46N4O2/c1-8-18-34(19-9-2,22-28(36)32-30-25(6)15-12-16-26(30)7)20-17-33(10-3)21-27(35)31-29-23(4)13-11-14-24(29)5/h11-16H,8-10,17-22H2,1-7H3,(H-,31,32,35,36)/p+1. The zero-order valence-corrected chi connectivity index (χ0v) is 23.5. The Balaban J connectivity index is 2.08. The van der Waals surface area contributed by atoms with Crippen molar-refractivity contribution in [3.8, 4) is 0 Å². The van der Waals surface area contributed by atoms with Gasteiger partial charge < -0.3 is 15.1 Å². The van der Waals surface area contributed by atoms with Gasteiger partial charge in [-0.15, -0.1) is 0 Å². The summed E-state index contributed by atoms with van der Waals surface area (Å²) in [5, 5.41) is 6.30. The van der Waals surface area contributed by atoms with Crippen LogP contribution in [0, 0.1) is 27.7 Å². The third-order valence-corrected chi connectivity index (χ3v) is 7.07. The lowest BCUT2D eigenvalue weighted by Gasteiger charge is -2.39. The Morgan fingerprint density at radius 2 is 1.17 bits per heavy atom. The van der Waals surface area contributed by atoms with E-state index in [0.29, 0.717) is 13.1 Å². The fraction of sp³-hybridized carbons (Fsp3) is 0.533. The van der Waals surface area contributed by atoms with Crippen LogP contribution >= 0.6 is 0 Å². The average Bonchev–Trinajstić information content (AvgIpc) is 2.82. The smallest absolute Gasteiger partial charge is 0.279 e. The normalized spacial score (nSPS) is 11.6. The molecule has 198 valence electrons. The number of anilines is 2. The summed E-state index contributed by atoms with van der Waals surface area (Å²) in [6.45, 7) is 19.6. The van der Waals surface area contributed by atoms with Gasteiger partial charge in [0, 0.05) is 17.9 Å². The predicted octanol–water partition coefficient (Wildman–Crippen LogP) is 5.46. The summed E-state index contributed by atoms with van der Waals surface area (Å²) in [6, 6.07) is 12.1. The Labute approximate surface area is 218 Å². The maximum atomic E-state index is 13.2. The first kappa shape index (κ1) is 29.5. The lowest BCUT2D eigenvalue weighted by molar-refractivity contribution is -0.920. The molecule has 0 bridgehead atoms. The number of aryl methyl sites for hydroxylation is 4. The molecule has 2 rings (SSSR count). The maximum absolute atomic E-state index is 13.2. The van der Waals surface area contributed by atoms with Crippen molar-refractivity contribution >= 4 is 23.2 Å². The molecule has 2 aromatic carbocycles. The third kappa shape index (κ3) is 8.45. The summed E-state index contributed by atoms with van der Waals surface area (Å²) < 4.78 is 0.735. The Morgan fingerprint density at radius 3 is 1.58 bits per heavy atom. The molecule has 0 aliphatic rings. The van der Waals surface area contributed by atoms with Gasteiger partial charge >= 0.3 is 0 Å². The fourth-order valence-corrected chi connectivity index (χ4v) is 5.11. The molecule has 0 aliphatic carbocycles. The van der Waals surface area contributed by atoms with Crippen molar-refractivity contribution in [2.75, 3.05) is 56.4 Å². The zero-order chi connectivity index (χ0) is 26.7. The number of carbonyl (C=O) groups is 2. The van der Waals surface area contributed by atoms with Gasteiger partial charge in [0.05, 0.1) is 26.2 Å². The van der Waals surface area contributed by atoms with Crippen molar-refractivity contribution in [3.63, 3.8) is 0 Å². The first-order chi connectivity index (χ1) is 17.1. The monoisotopic (exact) mass is 495 g/mol. The van der Waals surface area contributed by atoms with Crippen LogP contribution in [0.4, 0.5) is 11.4 Å². The third-order valence-electron chi connectivity index (χ3n) is 7.07. The number of amides is 2. The van der Waals surface area contributed by atoms with E-state index in [0.717, 1.165) is 83.7 Å². The quantitative estimate of drug-likeness (QED) is 0.342. The van der Waals surface area contributed by atoms with Crippen molar-refractivity contribution in [2.24, 2.45) is 0 Å². The minimum atomic E-state index is 0.00565. The number of carbonyl (C=O) groups excluding carboxylic acids is 2. The molecule has 6 nitrogen and oxygen atoms in total. The van der Waals surface area contributed by atoms with Gasteiger partial charge in [0.2, 0.25) is 5.91 Å². The second kappa shape index (κ2) is 14.1. The summed E-state index contributed by atoms with van der Waals surface area (Å²) in [5.74, 6) is 0.0659.